The Labute approximate surface area is 416 Å². The van der Waals surface area contributed by atoms with Crippen molar-refractivity contribution in [1.29, 1.82) is 0 Å². The minimum atomic E-state index is -0.00724. The number of hydrogen-bond acceptors (Lipinski definition) is 4. The summed E-state index contributed by atoms with van der Waals surface area (Å²) in [5.41, 5.74) is 12.3. The second kappa shape index (κ2) is 19.1. The first-order valence-corrected chi connectivity index (χ1v) is 24.5. The zero-order valence-electron chi connectivity index (χ0n) is 39.6. The van der Waals surface area contributed by atoms with Gasteiger partial charge in [0.25, 0.3) is 0 Å². The van der Waals surface area contributed by atoms with E-state index in [1.165, 1.54) is 32.3 Å². The lowest BCUT2D eigenvalue weighted by molar-refractivity contribution is 0.604. The lowest BCUT2D eigenvalue weighted by Gasteiger charge is -2.39. The van der Waals surface area contributed by atoms with E-state index < -0.39 is 0 Å². The van der Waals surface area contributed by atoms with Gasteiger partial charge in [0.05, 0.1) is 23.1 Å². The van der Waals surface area contributed by atoms with E-state index in [0.29, 0.717) is 0 Å². The summed E-state index contributed by atoms with van der Waals surface area (Å²) in [4.78, 5) is 9.68. The van der Waals surface area contributed by atoms with Gasteiger partial charge >= 0.3 is 0 Å². The van der Waals surface area contributed by atoms with Crippen LogP contribution >= 0.6 is 0 Å². The maximum absolute atomic E-state index is 2.52. The highest BCUT2D eigenvalue weighted by Gasteiger charge is 2.29. The summed E-state index contributed by atoms with van der Waals surface area (Å²) in [5.74, 6) is 0.114. The number of para-hydroxylation sites is 3. The van der Waals surface area contributed by atoms with Gasteiger partial charge in [-0.2, -0.15) is 0 Å². The predicted octanol–water partition coefficient (Wildman–Crippen LogP) is 18.5. The van der Waals surface area contributed by atoms with Gasteiger partial charge in [0, 0.05) is 67.6 Å². The molecule has 4 heteroatoms. The Morgan fingerprint density at radius 3 is 0.986 bits per heavy atom. The standard InChI is InChI=1S/C67H52N4/c1-49-48-60(71(55-30-9-4-10-31-55)67-37-19-25-52-22-13-16-34-63(52)67)46-47-64(49)68(56-38-42-58(43-39-56)69(53-26-5-2-6-27-53)65-35-17-23-50-20-11-14-32-61(50)65)57-40-44-59(45-41-57)70(54-28-7-3-8-29-54)66-36-18-24-51-21-12-15-33-62(51)66/h2-49,64H,1H3. The molecule has 2 unspecified atom stereocenters. The van der Waals surface area contributed by atoms with Crippen molar-refractivity contribution in [2.75, 3.05) is 19.6 Å². The monoisotopic (exact) mass is 912 g/mol. The van der Waals surface area contributed by atoms with Crippen LogP contribution in [0.5, 0.6) is 0 Å². The van der Waals surface area contributed by atoms with Crippen molar-refractivity contribution >= 4 is 89.2 Å². The van der Waals surface area contributed by atoms with Crippen molar-refractivity contribution in [3.05, 3.63) is 291 Å². The number of hydrogen-bond donors (Lipinski definition) is 0. The van der Waals surface area contributed by atoms with Gasteiger partial charge in [0.1, 0.15) is 0 Å². The fraction of sp³-hybridized carbons (Fsp3) is 0.0448. The first-order chi connectivity index (χ1) is 35.2. The Hall–Kier alpha value is -9.12. The van der Waals surface area contributed by atoms with Crippen LogP contribution in [0.25, 0.3) is 32.3 Å². The van der Waals surface area contributed by atoms with Gasteiger partial charge in [0.2, 0.25) is 0 Å². The van der Waals surface area contributed by atoms with Crippen molar-refractivity contribution in [1.82, 2.24) is 0 Å². The van der Waals surface area contributed by atoms with Crippen molar-refractivity contribution in [3.8, 4) is 0 Å². The third-order valence-electron chi connectivity index (χ3n) is 13.8. The van der Waals surface area contributed by atoms with E-state index in [4.69, 9.17) is 0 Å². The predicted molar refractivity (Wildman–Crippen MR) is 302 cm³/mol. The number of rotatable bonds is 12. The van der Waals surface area contributed by atoms with E-state index in [9.17, 15) is 0 Å². The van der Waals surface area contributed by atoms with E-state index in [1.54, 1.807) is 0 Å². The molecule has 0 amide bonds. The third-order valence-corrected chi connectivity index (χ3v) is 13.8. The molecule has 0 saturated heterocycles. The van der Waals surface area contributed by atoms with Gasteiger partial charge in [-0.3, -0.25) is 0 Å². The fourth-order valence-corrected chi connectivity index (χ4v) is 10.5. The van der Waals surface area contributed by atoms with Crippen LogP contribution in [0.3, 0.4) is 0 Å². The summed E-state index contributed by atoms with van der Waals surface area (Å²) in [6, 6.07) is 96.1. The van der Waals surface area contributed by atoms with Crippen molar-refractivity contribution < 1.29 is 0 Å². The van der Waals surface area contributed by atoms with Gasteiger partial charge in [-0.05, 0) is 125 Å². The Morgan fingerprint density at radius 2 is 0.592 bits per heavy atom. The topological polar surface area (TPSA) is 13.0 Å². The SMILES string of the molecule is CC1C=C(N(c2ccccc2)c2cccc3ccccc23)C=CC1N(c1ccc(N(c2ccccc2)c2cccc3ccccc23)cc1)c1ccc(N(c2ccccc2)c2cccc3ccccc23)cc1. The minimum Gasteiger partial charge on any atom is -0.334 e. The maximum atomic E-state index is 2.52. The summed E-state index contributed by atoms with van der Waals surface area (Å²) < 4.78 is 0. The number of fused-ring (bicyclic) bond motifs is 3. The van der Waals surface area contributed by atoms with Crippen LogP contribution < -0.4 is 19.6 Å². The van der Waals surface area contributed by atoms with Crippen molar-refractivity contribution in [2.24, 2.45) is 5.92 Å². The van der Waals surface area contributed by atoms with Gasteiger partial charge < -0.3 is 19.6 Å². The van der Waals surface area contributed by atoms with Crippen LogP contribution in [-0.2, 0) is 0 Å². The molecule has 0 bridgehead atoms. The Bertz CT molecular complexity index is 3500. The number of nitrogens with zero attached hydrogens (tertiary/aromatic N) is 4. The average molecular weight is 913 g/mol. The molecule has 0 aliphatic heterocycles. The lowest BCUT2D eigenvalue weighted by atomic mass is 9.92. The molecule has 12 rings (SSSR count). The van der Waals surface area contributed by atoms with Crippen molar-refractivity contribution in [2.45, 2.75) is 13.0 Å². The van der Waals surface area contributed by atoms with Crippen LogP contribution in [0.2, 0.25) is 0 Å². The van der Waals surface area contributed by atoms with E-state index in [-0.39, 0.29) is 12.0 Å². The summed E-state index contributed by atoms with van der Waals surface area (Å²) in [6.07, 6.45) is 7.18. The molecule has 0 heterocycles. The smallest absolute Gasteiger partial charge is 0.0586 e. The Morgan fingerprint density at radius 1 is 0.282 bits per heavy atom. The molecule has 0 fully saturated rings. The van der Waals surface area contributed by atoms with Gasteiger partial charge in [-0.1, -0.05) is 183 Å². The van der Waals surface area contributed by atoms with E-state index >= 15 is 0 Å². The molecule has 11 aromatic carbocycles. The van der Waals surface area contributed by atoms with Gasteiger partial charge in [-0.15, -0.1) is 0 Å². The second-order valence-electron chi connectivity index (χ2n) is 18.2. The zero-order valence-corrected chi connectivity index (χ0v) is 39.6. The molecule has 1 aliphatic carbocycles. The second-order valence-corrected chi connectivity index (χ2v) is 18.2. The molecular weight excluding hydrogens is 861 g/mol. The molecule has 0 spiro atoms. The largest absolute Gasteiger partial charge is 0.334 e. The zero-order chi connectivity index (χ0) is 47.5. The number of anilines is 10. The third kappa shape index (κ3) is 8.36. The lowest BCUT2D eigenvalue weighted by Crippen LogP contribution is -2.36. The van der Waals surface area contributed by atoms with Crippen LogP contribution in [0.15, 0.2) is 291 Å². The van der Waals surface area contributed by atoms with Crippen molar-refractivity contribution in [3.63, 3.8) is 0 Å². The minimum absolute atomic E-state index is 0.00724. The number of benzene rings is 11. The molecule has 0 radical (unpaired) electrons. The quantitative estimate of drug-likeness (QED) is 0.121. The van der Waals surface area contributed by atoms with E-state index in [2.05, 4.69) is 312 Å². The van der Waals surface area contributed by atoms with Crippen LogP contribution in [-0.4, -0.2) is 6.04 Å². The molecule has 0 N–H and O–H groups in total. The molecule has 4 nitrogen and oxygen atoms in total. The first kappa shape index (κ1) is 43.2. The van der Waals surface area contributed by atoms with Gasteiger partial charge in [0.15, 0.2) is 0 Å². The molecular formula is C67H52N4. The Kier molecular flexibility index (Phi) is 11.6. The van der Waals surface area contributed by atoms with E-state index in [0.717, 1.165) is 62.6 Å². The fourth-order valence-electron chi connectivity index (χ4n) is 10.5. The molecule has 2 atom stereocenters. The highest BCUT2D eigenvalue weighted by Crippen LogP contribution is 2.45. The summed E-state index contributed by atoms with van der Waals surface area (Å²) in [5, 5.41) is 7.25. The maximum Gasteiger partial charge on any atom is 0.0586 e. The summed E-state index contributed by atoms with van der Waals surface area (Å²) in [6.45, 7) is 2.35. The van der Waals surface area contributed by atoms with Crippen LogP contribution in [0.1, 0.15) is 6.92 Å². The van der Waals surface area contributed by atoms with E-state index in [1.807, 2.05) is 0 Å². The average Bonchev–Trinajstić information content (AvgIpc) is 3.44. The number of allylic oxidation sites excluding steroid dienone is 1. The molecule has 1 aliphatic rings. The Balaban J connectivity index is 0.971. The highest BCUT2D eigenvalue weighted by atomic mass is 15.2. The first-order valence-electron chi connectivity index (χ1n) is 24.5. The highest BCUT2D eigenvalue weighted by molar-refractivity contribution is 6.01. The summed E-state index contributed by atoms with van der Waals surface area (Å²) in [7, 11) is 0. The molecule has 0 aromatic heterocycles. The van der Waals surface area contributed by atoms with Gasteiger partial charge in [-0.25, -0.2) is 0 Å². The molecule has 71 heavy (non-hydrogen) atoms. The molecule has 11 aromatic rings. The van der Waals surface area contributed by atoms with Crippen LogP contribution in [0, 0.1) is 5.92 Å². The summed E-state index contributed by atoms with van der Waals surface area (Å²) >= 11 is 0. The van der Waals surface area contributed by atoms with Crippen LogP contribution in [0.4, 0.5) is 56.9 Å². The molecule has 340 valence electrons. The normalized spacial score (nSPS) is 14.3. The molecule has 0 saturated carbocycles.